The number of halogens is 1. The highest BCUT2D eigenvalue weighted by atomic mass is 35.5. The van der Waals surface area contributed by atoms with E-state index in [1.807, 2.05) is 41.3 Å². The summed E-state index contributed by atoms with van der Waals surface area (Å²) in [6.45, 7) is 2.02. The highest BCUT2D eigenvalue weighted by Crippen LogP contribution is 2.10. The van der Waals surface area contributed by atoms with Crippen molar-refractivity contribution in [2.45, 2.75) is 32.2 Å². The van der Waals surface area contributed by atoms with Crippen LogP contribution in [0.4, 0.5) is 0 Å². The predicted molar refractivity (Wildman–Crippen MR) is 102 cm³/mol. The summed E-state index contributed by atoms with van der Waals surface area (Å²) in [7, 11) is 0. The van der Waals surface area contributed by atoms with Crippen LogP contribution in [0.15, 0.2) is 60.7 Å². The van der Waals surface area contributed by atoms with Crippen LogP contribution in [0.5, 0.6) is 0 Å². The van der Waals surface area contributed by atoms with E-state index in [9.17, 15) is 4.79 Å². The van der Waals surface area contributed by atoms with Gasteiger partial charge in [0.05, 0.1) is 0 Å². The van der Waals surface area contributed by atoms with Crippen molar-refractivity contribution < 1.29 is 4.79 Å². The zero-order valence-electron chi connectivity index (χ0n) is 14.1. The van der Waals surface area contributed by atoms with E-state index in [1.54, 1.807) is 0 Å². The van der Waals surface area contributed by atoms with E-state index in [0.29, 0.717) is 19.5 Å². The molecule has 1 amide bonds. The molecule has 0 aliphatic rings. The molecule has 24 heavy (non-hydrogen) atoms. The normalized spacial score (nSPS) is 10.0. The van der Waals surface area contributed by atoms with Crippen molar-refractivity contribution in [1.29, 1.82) is 0 Å². The topological polar surface area (TPSA) is 46.3 Å². The van der Waals surface area contributed by atoms with Gasteiger partial charge in [-0.15, -0.1) is 12.4 Å². The van der Waals surface area contributed by atoms with Crippen LogP contribution < -0.4 is 5.73 Å². The number of rotatable bonds is 9. The van der Waals surface area contributed by atoms with Crippen LogP contribution in [-0.4, -0.2) is 23.9 Å². The van der Waals surface area contributed by atoms with Crippen LogP contribution in [0.1, 0.15) is 30.4 Å². The summed E-state index contributed by atoms with van der Waals surface area (Å²) in [4.78, 5) is 14.5. The fraction of sp³-hybridized carbons (Fsp3) is 0.350. The summed E-state index contributed by atoms with van der Waals surface area (Å²) >= 11 is 0. The Hall–Kier alpha value is -1.84. The first-order valence-electron chi connectivity index (χ1n) is 8.35. The lowest BCUT2D eigenvalue weighted by Crippen LogP contribution is -2.32. The molecule has 0 saturated carbocycles. The Bertz CT molecular complexity index is 575. The largest absolute Gasteiger partial charge is 0.338 e. The van der Waals surface area contributed by atoms with E-state index >= 15 is 0 Å². The van der Waals surface area contributed by atoms with Gasteiger partial charge in [-0.2, -0.15) is 0 Å². The lowest BCUT2D eigenvalue weighted by atomic mass is 10.1. The maximum Gasteiger partial charge on any atom is 0.222 e. The van der Waals surface area contributed by atoms with Crippen molar-refractivity contribution in [3.8, 4) is 0 Å². The molecule has 0 spiro atoms. The molecule has 0 unspecified atom stereocenters. The third kappa shape index (κ3) is 7.16. The van der Waals surface area contributed by atoms with Gasteiger partial charge in [-0.05, 0) is 36.9 Å². The lowest BCUT2D eigenvalue weighted by Gasteiger charge is -2.23. The van der Waals surface area contributed by atoms with E-state index in [-0.39, 0.29) is 18.3 Å². The van der Waals surface area contributed by atoms with Gasteiger partial charge in [0.1, 0.15) is 0 Å². The maximum absolute atomic E-state index is 12.5. The molecule has 0 bridgehead atoms. The van der Waals surface area contributed by atoms with Crippen LogP contribution >= 0.6 is 12.4 Å². The molecule has 2 rings (SSSR count). The number of hydrogen-bond acceptors (Lipinski definition) is 2. The Balaban J connectivity index is 0.00000288. The molecule has 0 heterocycles. The van der Waals surface area contributed by atoms with Crippen molar-refractivity contribution in [1.82, 2.24) is 4.90 Å². The average molecular weight is 347 g/mol. The monoisotopic (exact) mass is 346 g/mol. The zero-order chi connectivity index (χ0) is 16.3. The van der Waals surface area contributed by atoms with E-state index in [1.165, 1.54) is 11.1 Å². The first-order valence-corrected chi connectivity index (χ1v) is 8.35. The standard InChI is InChI=1S/C20H26N2O.ClH/c21-15-8-16-22(17-19-11-5-2-6-12-19)20(23)14-7-13-18-9-3-1-4-10-18;/h1-6,9-12H,7-8,13-17,21H2;1H. The maximum atomic E-state index is 12.5. The van der Waals surface area contributed by atoms with Crippen molar-refractivity contribution in [2.75, 3.05) is 13.1 Å². The van der Waals surface area contributed by atoms with E-state index < -0.39 is 0 Å². The van der Waals surface area contributed by atoms with Gasteiger partial charge in [-0.25, -0.2) is 0 Å². The van der Waals surface area contributed by atoms with Crippen LogP contribution in [0.25, 0.3) is 0 Å². The van der Waals surface area contributed by atoms with Gasteiger partial charge in [0.15, 0.2) is 0 Å². The number of nitrogens with two attached hydrogens (primary N) is 1. The van der Waals surface area contributed by atoms with Gasteiger partial charge >= 0.3 is 0 Å². The third-order valence-electron chi connectivity index (χ3n) is 3.90. The molecular formula is C20H27ClN2O. The number of aryl methyl sites for hydroxylation is 1. The highest BCUT2D eigenvalue weighted by Gasteiger charge is 2.13. The van der Waals surface area contributed by atoms with Crippen molar-refractivity contribution in [3.63, 3.8) is 0 Å². The molecule has 2 N–H and O–H groups in total. The van der Waals surface area contributed by atoms with Crippen molar-refractivity contribution >= 4 is 18.3 Å². The number of hydrogen-bond donors (Lipinski definition) is 1. The number of amides is 1. The molecule has 0 atom stereocenters. The van der Waals surface area contributed by atoms with E-state index in [0.717, 1.165) is 25.8 Å². The van der Waals surface area contributed by atoms with Crippen LogP contribution in [0.3, 0.4) is 0 Å². The molecule has 2 aromatic rings. The Morgan fingerprint density at radius 3 is 2.04 bits per heavy atom. The second-order valence-corrected chi connectivity index (χ2v) is 5.78. The molecule has 0 radical (unpaired) electrons. The Kier molecular flexibility index (Phi) is 9.81. The predicted octanol–water partition coefficient (Wildman–Crippen LogP) is 3.81. The van der Waals surface area contributed by atoms with Crippen LogP contribution in [0, 0.1) is 0 Å². The van der Waals surface area contributed by atoms with Gasteiger partial charge in [0.25, 0.3) is 0 Å². The van der Waals surface area contributed by atoms with Crippen LogP contribution in [-0.2, 0) is 17.8 Å². The smallest absolute Gasteiger partial charge is 0.222 e. The van der Waals surface area contributed by atoms with Crippen molar-refractivity contribution in [3.05, 3.63) is 71.8 Å². The first-order chi connectivity index (χ1) is 11.3. The third-order valence-corrected chi connectivity index (χ3v) is 3.90. The summed E-state index contributed by atoms with van der Waals surface area (Å²) in [6, 6.07) is 20.5. The number of carbonyl (C=O) groups excluding carboxylic acids is 1. The molecule has 3 nitrogen and oxygen atoms in total. The number of nitrogens with zero attached hydrogens (tertiary/aromatic N) is 1. The summed E-state index contributed by atoms with van der Waals surface area (Å²) < 4.78 is 0. The summed E-state index contributed by atoms with van der Waals surface area (Å²) in [5, 5.41) is 0. The van der Waals surface area contributed by atoms with Gasteiger partial charge in [-0.3, -0.25) is 4.79 Å². The van der Waals surface area contributed by atoms with Crippen LogP contribution in [0.2, 0.25) is 0 Å². The molecule has 4 heteroatoms. The first kappa shape index (κ1) is 20.2. The van der Waals surface area contributed by atoms with Gasteiger partial charge in [0, 0.05) is 19.5 Å². The SMILES string of the molecule is Cl.NCCCN(Cc1ccccc1)C(=O)CCCc1ccccc1. The summed E-state index contributed by atoms with van der Waals surface area (Å²) in [6.07, 6.45) is 3.27. The van der Waals surface area contributed by atoms with Gasteiger partial charge in [0.2, 0.25) is 5.91 Å². The van der Waals surface area contributed by atoms with E-state index in [2.05, 4.69) is 24.3 Å². The molecule has 130 valence electrons. The Morgan fingerprint density at radius 2 is 1.46 bits per heavy atom. The Labute approximate surface area is 151 Å². The minimum Gasteiger partial charge on any atom is -0.338 e. The molecular weight excluding hydrogens is 320 g/mol. The second-order valence-electron chi connectivity index (χ2n) is 5.78. The fourth-order valence-electron chi connectivity index (χ4n) is 2.62. The summed E-state index contributed by atoms with van der Waals surface area (Å²) in [5.41, 5.74) is 8.06. The lowest BCUT2D eigenvalue weighted by molar-refractivity contribution is -0.132. The quantitative estimate of drug-likeness (QED) is 0.750. The average Bonchev–Trinajstić information content (AvgIpc) is 2.60. The highest BCUT2D eigenvalue weighted by molar-refractivity contribution is 5.85. The number of carbonyl (C=O) groups is 1. The molecule has 0 fully saturated rings. The molecule has 2 aromatic carbocycles. The molecule has 0 saturated heterocycles. The van der Waals surface area contributed by atoms with E-state index in [4.69, 9.17) is 5.73 Å². The van der Waals surface area contributed by atoms with Gasteiger partial charge < -0.3 is 10.6 Å². The Morgan fingerprint density at radius 1 is 0.875 bits per heavy atom. The van der Waals surface area contributed by atoms with Crippen molar-refractivity contribution in [2.24, 2.45) is 5.73 Å². The summed E-state index contributed by atoms with van der Waals surface area (Å²) in [5.74, 6) is 0.221. The molecule has 0 aliphatic heterocycles. The van der Waals surface area contributed by atoms with Gasteiger partial charge in [-0.1, -0.05) is 60.7 Å². The second kappa shape index (κ2) is 11.7. The fourth-order valence-corrected chi connectivity index (χ4v) is 2.62. The minimum absolute atomic E-state index is 0. The molecule has 0 aliphatic carbocycles. The molecule has 0 aromatic heterocycles. The minimum atomic E-state index is 0. The number of benzene rings is 2. The zero-order valence-corrected chi connectivity index (χ0v) is 14.9.